The first-order valence-electron chi connectivity index (χ1n) is 7.45. The number of rotatable bonds is 4. The first kappa shape index (κ1) is 15.3. The average molecular weight is 277 g/mol. The minimum atomic E-state index is 0.105. The van der Waals surface area contributed by atoms with E-state index in [1.165, 1.54) is 5.56 Å². The van der Waals surface area contributed by atoms with E-state index in [9.17, 15) is 5.11 Å². The third-order valence-corrected chi connectivity index (χ3v) is 4.27. The van der Waals surface area contributed by atoms with E-state index in [1.807, 2.05) is 12.1 Å². The van der Waals surface area contributed by atoms with Crippen LogP contribution >= 0.6 is 0 Å². The monoisotopic (exact) mass is 277 g/mol. The molecule has 3 heteroatoms. The van der Waals surface area contributed by atoms with Gasteiger partial charge in [-0.25, -0.2) is 0 Å². The van der Waals surface area contributed by atoms with Crippen LogP contribution in [-0.4, -0.2) is 29.9 Å². The highest BCUT2D eigenvalue weighted by atomic mass is 16.5. The Bertz CT molecular complexity index is 453. The molecule has 0 radical (unpaired) electrons. The van der Waals surface area contributed by atoms with Crippen molar-refractivity contribution in [1.29, 1.82) is 0 Å². The summed E-state index contributed by atoms with van der Waals surface area (Å²) in [6, 6.07) is 7.58. The van der Waals surface area contributed by atoms with E-state index in [-0.39, 0.29) is 17.1 Å². The molecule has 2 rings (SSSR count). The van der Waals surface area contributed by atoms with E-state index in [0.29, 0.717) is 5.75 Å². The number of hydrogen-bond acceptors (Lipinski definition) is 3. The van der Waals surface area contributed by atoms with Crippen LogP contribution in [0.2, 0.25) is 0 Å². The van der Waals surface area contributed by atoms with Gasteiger partial charge in [0, 0.05) is 24.1 Å². The lowest BCUT2D eigenvalue weighted by Crippen LogP contribution is -2.47. The molecule has 1 saturated heterocycles. The predicted molar refractivity (Wildman–Crippen MR) is 82.0 cm³/mol. The Balaban J connectivity index is 2.15. The van der Waals surface area contributed by atoms with Crippen LogP contribution in [0.25, 0.3) is 0 Å². The van der Waals surface area contributed by atoms with Crippen molar-refractivity contribution in [3.8, 4) is 5.75 Å². The number of hydrogen-bond donors (Lipinski definition) is 2. The maximum atomic E-state index is 9.65. The van der Waals surface area contributed by atoms with Gasteiger partial charge < -0.3 is 15.2 Å². The molecule has 1 aromatic carbocycles. The van der Waals surface area contributed by atoms with Crippen molar-refractivity contribution in [1.82, 2.24) is 5.32 Å². The Hall–Kier alpha value is -1.06. The van der Waals surface area contributed by atoms with Gasteiger partial charge in [-0.1, -0.05) is 12.1 Å². The van der Waals surface area contributed by atoms with Gasteiger partial charge in [-0.3, -0.25) is 0 Å². The SMILES string of the molecule is CC1OCCC1(CNC(C)(C)C)Cc1cccc(O)c1. The Labute approximate surface area is 122 Å². The largest absolute Gasteiger partial charge is 0.508 e. The molecule has 20 heavy (non-hydrogen) atoms. The molecule has 0 spiro atoms. The van der Waals surface area contributed by atoms with Crippen molar-refractivity contribution >= 4 is 0 Å². The average Bonchev–Trinajstić information content (AvgIpc) is 2.68. The molecule has 2 atom stereocenters. The van der Waals surface area contributed by atoms with Gasteiger partial charge in [0.2, 0.25) is 0 Å². The quantitative estimate of drug-likeness (QED) is 0.888. The second kappa shape index (κ2) is 5.74. The summed E-state index contributed by atoms with van der Waals surface area (Å²) in [6.07, 6.45) is 2.23. The molecule has 1 aromatic rings. The highest BCUT2D eigenvalue weighted by molar-refractivity contribution is 5.28. The molecule has 0 aromatic heterocycles. The zero-order valence-electron chi connectivity index (χ0n) is 13.1. The highest BCUT2D eigenvalue weighted by Gasteiger charge is 2.41. The van der Waals surface area contributed by atoms with Crippen LogP contribution in [0.3, 0.4) is 0 Å². The molecule has 1 aliphatic heterocycles. The van der Waals surface area contributed by atoms with E-state index >= 15 is 0 Å². The molecule has 112 valence electrons. The van der Waals surface area contributed by atoms with Crippen molar-refractivity contribution in [2.45, 2.75) is 52.2 Å². The van der Waals surface area contributed by atoms with Gasteiger partial charge in [-0.2, -0.15) is 0 Å². The first-order valence-corrected chi connectivity index (χ1v) is 7.45. The number of nitrogens with one attached hydrogen (secondary N) is 1. The number of phenols is 1. The first-order chi connectivity index (χ1) is 9.31. The Morgan fingerprint density at radius 1 is 1.40 bits per heavy atom. The second-order valence-electron chi connectivity index (χ2n) is 7.08. The zero-order valence-corrected chi connectivity index (χ0v) is 13.1. The van der Waals surface area contributed by atoms with Crippen LogP contribution in [0.1, 0.15) is 39.7 Å². The van der Waals surface area contributed by atoms with Crippen LogP contribution < -0.4 is 5.32 Å². The van der Waals surface area contributed by atoms with E-state index < -0.39 is 0 Å². The van der Waals surface area contributed by atoms with Gasteiger partial charge in [0.05, 0.1) is 6.10 Å². The summed E-state index contributed by atoms with van der Waals surface area (Å²) in [5, 5.41) is 13.3. The van der Waals surface area contributed by atoms with Crippen LogP contribution in [0, 0.1) is 5.41 Å². The van der Waals surface area contributed by atoms with E-state index in [1.54, 1.807) is 6.07 Å². The van der Waals surface area contributed by atoms with Crippen LogP contribution in [0.15, 0.2) is 24.3 Å². The number of benzene rings is 1. The number of aromatic hydroxyl groups is 1. The van der Waals surface area contributed by atoms with Gasteiger partial charge in [-0.05, 0) is 58.2 Å². The predicted octanol–water partition coefficient (Wildman–Crippen LogP) is 3.12. The summed E-state index contributed by atoms with van der Waals surface area (Å²) in [7, 11) is 0. The summed E-state index contributed by atoms with van der Waals surface area (Å²) in [6.45, 7) is 10.5. The van der Waals surface area contributed by atoms with E-state index in [0.717, 1.165) is 26.0 Å². The molecule has 1 aliphatic rings. The Morgan fingerprint density at radius 3 is 2.70 bits per heavy atom. The minimum absolute atomic E-state index is 0.105. The van der Waals surface area contributed by atoms with Crippen molar-refractivity contribution in [3.05, 3.63) is 29.8 Å². The molecule has 0 amide bonds. The molecule has 3 nitrogen and oxygen atoms in total. The Morgan fingerprint density at radius 2 is 2.15 bits per heavy atom. The van der Waals surface area contributed by atoms with Crippen LogP contribution in [0.5, 0.6) is 5.75 Å². The third kappa shape index (κ3) is 3.74. The molecule has 0 aliphatic carbocycles. The van der Waals surface area contributed by atoms with E-state index in [2.05, 4.69) is 39.1 Å². The van der Waals surface area contributed by atoms with Gasteiger partial charge in [-0.15, -0.1) is 0 Å². The normalized spacial score (nSPS) is 26.9. The fraction of sp³-hybridized carbons (Fsp3) is 0.647. The van der Waals surface area contributed by atoms with Gasteiger partial charge in [0.1, 0.15) is 5.75 Å². The van der Waals surface area contributed by atoms with E-state index in [4.69, 9.17) is 4.74 Å². The molecule has 0 saturated carbocycles. The summed E-state index contributed by atoms with van der Waals surface area (Å²) < 4.78 is 5.83. The van der Waals surface area contributed by atoms with Gasteiger partial charge in [0.15, 0.2) is 0 Å². The van der Waals surface area contributed by atoms with Crippen molar-refractivity contribution in [2.75, 3.05) is 13.2 Å². The Kier molecular flexibility index (Phi) is 4.40. The standard InChI is InChI=1S/C17H27NO2/c1-13-17(8-9-20-13,12-18-16(2,3)4)11-14-6-5-7-15(19)10-14/h5-7,10,13,18-19H,8-9,11-12H2,1-4H3. The van der Waals surface area contributed by atoms with Gasteiger partial charge >= 0.3 is 0 Å². The lowest BCUT2D eigenvalue weighted by Gasteiger charge is -2.36. The van der Waals surface area contributed by atoms with Crippen molar-refractivity contribution in [3.63, 3.8) is 0 Å². The molecule has 1 fully saturated rings. The summed E-state index contributed by atoms with van der Waals surface area (Å²) in [4.78, 5) is 0. The van der Waals surface area contributed by atoms with Crippen molar-refractivity contribution in [2.24, 2.45) is 5.41 Å². The molecule has 0 bridgehead atoms. The van der Waals surface area contributed by atoms with Crippen molar-refractivity contribution < 1.29 is 9.84 Å². The molecule has 2 unspecified atom stereocenters. The summed E-state index contributed by atoms with van der Waals surface area (Å²) in [5.74, 6) is 0.341. The topological polar surface area (TPSA) is 41.5 Å². The van der Waals surface area contributed by atoms with Crippen LogP contribution in [-0.2, 0) is 11.2 Å². The highest BCUT2D eigenvalue weighted by Crippen LogP contribution is 2.38. The smallest absolute Gasteiger partial charge is 0.115 e. The minimum Gasteiger partial charge on any atom is -0.508 e. The summed E-state index contributed by atoms with van der Waals surface area (Å²) in [5.41, 5.74) is 1.40. The zero-order chi connectivity index (χ0) is 14.8. The molecule has 1 heterocycles. The summed E-state index contributed by atoms with van der Waals surface area (Å²) >= 11 is 0. The maximum absolute atomic E-state index is 9.65. The lowest BCUT2D eigenvalue weighted by atomic mass is 9.75. The van der Waals surface area contributed by atoms with Crippen LogP contribution in [0.4, 0.5) is 0 Å². The number of ether oxygens (including phenoxy) is 1. The molecular weight excluding hydrogens is 250 g/mol. The maximum Gasteiger partial charge on any atom is 0.115 e. The molecule has 2 N–H and O–H groups in total. The van der Waals surface area contributed by atoms with Gasteiger partial charge in [0.25, 0.3) is 0 Å². The fourth-order valence-corrected chi connectivity index (χ4v) is 2.86. The third-order valence-electron chi connectivity index (χ3n) is 4.27. The molecular formula is C17H27NO2. The fourth-order valence-electron chi connectivity index (χ4n) is 2.86. The number of phenolic OH excluding ortho intramolecular Hbond substituents is 1. The lowest BCUT2D eigenvalue weighted by molar-refractivity contribution is 0.0597. The second-order valence-corrected chi connectivity index (χ2v) is 7.08.